The highest BCUT2D eigenvalue weighted by atomic mass is 19.1. The predicted octanol–water partition coefficient (Wildman–Crippen LogP) is 0.474. The molecule has 94 valence electrons. The predicted molar refractivity (Wildman–Crippen MR) is 63.3 cm³/mol. The first-order chi connectivity index (χ1) is 7.63. The highest BCUT2D eigenvalue weighted by Crippen LogP contribution is 2.25. The van der Waals surface area contributed by atoms with Gasteiger partial charge in [0.05, 0.1) is 23.0 Å². The van der Waals surface area contributed by atoms with E-state index in [1.54, 1.807) is 27.7 Å². The summed E-state index contributed by atoms with van der Waals surface area (Å²) in [5.74, 6) is -0.484. The van der Waals surface area contributed by atoms with Crippen molar-refractivity contribution in [1.82, 2.24) is 4.98 Å². The summed E-state index contributed by atoms with van der Waals surface area (Å²) in [7, 11) is -1.31. The van der Waals surface area contributed by atoms with Crippen LogP contribution in [-0.4, -0.2) is 33.4 Å². The molecule has 0 bridgehead atoms. The Hall–Kier alpha value is -0.975. The second-order valence-corrected chi connectivity index (χ2v) is 4.94. The third kappa shape index (κ3) is 3.49. The van der Waals surface area contributed by atoms with Gasteiger partial charge in [-0.1, -0.05) is 0 Å². The molecule has 0 aliphatic heterocycles. The Balaban J connectivity index is 2.79. The summed E-state index contributed by atoms with van der Waals surface area (Å²) in [5, 5.41) is 19.7. The van der Waals surface area contributed by atoms with Gasteiger partial charge >= 0.3 is 7.12 Å². The van der Waals surface area contributed by atoms with E-state index in [9.17, 15) is 14.5 Å². The van der Waals surface area contributed by atoms with Crippen LogP contribution in [0.1, 0.15) is 27.7 Å². The molecular formula is C11H17BFNO3. The second kappa shape index (κ2) is 4.72. The molecule has 0 saturated heterocycles. The van der Waals surface area contributed by atoms with E-state index in [0.29, 0.717) is 0 Å². The van der Waals surface area contributed by atoms with Crippen LogP contribution in [0.25, 0.3) is 0 Å². The lowest BCUT2D eigenvalue weighted by Crippen LogP contribution is -2.53. The molecule has 1 aromatic rings. The Labute approximate surface area is 101 Å². The molecule has 0 spiro atoms. The van der Waals surface area contributed by atoms with Crippen molar-refractivity contribution < 1.29 is 19.2 Å². The first-order valence-electron chi connectivity index (χ1n) is 5.33. The zero-order valence-electron chi connectivity index (χ0n) is 10.4. The molecule has 0 aliphatic carbocycles. The Morgan fingerprint density at radius 3 is 2.29 bits per heavy atom. The van der Waals surface area contributed by atoms with E-state index in [2.05, 4.69) is 4.98 Å². The Kier molecular flexibility index (Phi) is 3.91. The Bertz CT molecular complexity index is 375. The fraction of sp³-hybridized carbons (Fsp3) is 0.545. The van der Waals surface area contributed by atoms with Crippen LogP contribution in [0.2, 0.25) is 0 Å². The van der Waals surface area contributed by atoms with Crippen molar-refractivity contribution in [3.05, 3.63) is 24.1 Å². The van der Waals surface area contributed by atoms with Gasteiger partial charge in [0, 0.05) is 0 Å². The van der Waals surface area contributed by atoms with Crippen molar-refractivity contribution in [1.29, 1.82) is 0 Å². The molecule has 1 rings (SSSR count). The smallest absolute Gasteiger partial charge is 0.422 e. The van der Waals surface area contributed by atoms with E-state index < -0.39 is 24.1 Å². The van der Waals surface area contributed by atoms with E-state index in [-0.39, 0.29) is 5.59 Å². The summed E-state index contributed by atoms with van der Waals surface area (Å²) in [6.45, 7) is 6.47. The summed E-state index contributed by atoms with van der Waals surface area (Å²) in [5.41, 5.74) is -1.90. The minimum Gasteiger partial charge on any atom is -0.422 e. The van der Waals surface area contributed by atoms with Crippen molar-refractivity contribution in [2.45, 2.75) is 38.9 Å². The third-order valence-electron chi connectivity index (χ3n) is 2.88. The molecular weight excluding hydrogens is 224 g/mol. The quantitative estimate of drug-likeness (QED) is 0.752. The minimum absolute atomic E-state index is 0.198. The van der Waals surface area contributed by atoms with E-state index in [0.717, 1.165) is 6.20 Å². The molecule has 0 aliphatic rings. The maximum atomic E-state index is 12.7. The van der Waals surface area contributed by atoms with Crippen LogP contribution in [0.15, 0.2) is 18.3 Å². The number of pyridine rings is 1. The fourth-order valence-electron chi connectivity index (χ4n) is 1.02. The Morgan fingerprint density at radius 1 is 1.29 bits per heavy atom. The van der Waals surface area contributed by atoms with Gasteiger partial charge in [-0.05, 0) is 39.8 Å². The van der Waals surface area contributed by atoms with Gasteiger partial charge in [0.25, 0.3) is 0 Å². The van der Waals surface area contributed by atoms with Crippen molar-refractivity contribution >= 4 is 12.7 Å². The topological polar surface area (TPSA) is 62.6 Å². The number of nitrogens with zero attached hydrogens (tertiary/aromatic N) is 1. The molecule has 17 heavy (non-hydrogen) atoms. The molecule has 1 aromatic heterocycles. The molecule has 0 saturated carbocycles. The molecule has 0 aromatic carbocycles. The standard InChI is InChI=1S/C11H17BFNO3/c1-10(2,15)11(3,4)17-12(16)9-6-5-8(13)7-14-9/h5-7,15-16H,1-4H3. The number of hydrogen-bond donors (Lipinski definition) is 2. The fourth-order valence-corrected chi connectivity index (χ4v) is 1.02. The molecule has 1 heterocycles. The second-order valence-electron chi connectivity index (χ2n) is 4.94. The summed E-state index contributed by atoms with van der Waals surface area (Å²) in [6, 6.07) is 2.52. The van der Waals surface area contributed by atoms with Crippen LogP contribution in [-0.2, 0) is 4.65 Å². The van der Waals surface area contributed by atoms with E-state index >= 15 is 0 Å². The first-order valence-corrected chi connectivity index (χ1v) is 5.33. The molecule has 0 fully saturated rings. The van der Waals surface area contributed by atoms with Crippen molar-refractivity contribution in [3.63, 3.8) is 0 Å². The monoisotopic (exact) mass is 241 g/mol. The van der Waals surface area contributed by atoms with Crippen LogP contribution in [0.3, 0.4) is 0 Å². The zero-order chi connectivity index (χ0) is 13.3. The minimum atomic E-state index is -1.31. The third-order valence-corrected chi connectivity index (χ3v) is 2.88. The summed E-state index contributed by atoms with van der Waals surface area (Å²) >= 11 is 0. The van der Waals surface area contributed by atoms with E-state index in [4.69, 9.17) is 4.65 Å². The molecule has 6 heteroatoms. The highest BCUT2D eigenvalue weighted by Gasteiger charge is 2.39. The molecule has 0 unspecified atom stereocenters. The largest absolute Gasteiger partial charge is 0.511 e. The van der Waals surface area contributed by atoms with Gasteiger partial charge in [0.1, 0.15) is 5.82 Å². The average Bonchev–Trinajstić information content (AvgIpc) is 2.16. The highest BCUT2D eigenvalue weighted by molar-refractivity contribution is 6.59. The summed E-state index contributed by atoms with van der Waals surface area (Å²) in [6.07, 6.45) is 0.999. The SMILES string of the molecule is CC(C)(O)C(C)(C)OB(O)c1ccc(F)cn1. The number of hydrogen-bond acceptors (Lipinski definition) is 4. The lowest BCUT2D eigenvalue weighted by molar-refractivity contribution is -0.0983. The maximum absolute atomic E-state index is 12.7. The van der Waals surface area contributed by atoms with Crippen molar-refractivity contribution in [3.8, 4) is 0 Å². The van der Waals surface area contributed by atoms with Gasteiger partial charge in [-0.3, -0.25) is 4.98 Å². The van der Waals surface area contributed by atoms with Crippen LogP contribution in [0.4, 0.5) is 4.39 Å². The van der Waals surface area contributed by atoms with E-state index in [1.165, 1.54) is 12.1 Å². The van der Waals surface area contributed by atoms with Gasteiger partial charge in [-0.25, -0.2) is 4.39 Å². The molecule has 0 atom stereocenters. The number of halogens is 1. The van der Waals surface area contributed by atoms with Gasteiger partial charge < -0.3 is 14.8 Å². The van der Waals surface area contributed by atoms with Crippen LogP contribution < -0.4 is 5.59 Å². The lowest BCUT2D eigenvalue weighted by atomic mass is 9.80. The summed E-state index contributed by atoms with van der Waals surface area (Å²) in [4.78, 5) is 3.71. The van der Waals surface area contributed by atoms with Crippen LogP contribution >= 0.6 is 0 Å². The number of aromatic nitrogens is 1. The van der Waals surface area contributed by atoms with Gasteiger partial charge in [-0.15, -0.1) is 0 Å². The molecule has 0 radical (unpaired) electrons. The van der Waals surface area contributed by atoms with Crippen molar-refractivity contribution in [2.75, 3.05) is 0 Å². The first kappa shape index (κ1) is 14.1. The van der Waals surface area contributed by atoms with Gasteiger partial charge in [-0.2, -0.15) is 0 Å². The molecule has 4 nitrogen and oxygen atoms in total. The number of aliphatic hydroxyl groups is 1. The average molecular weight is 241 g/mol. The molecule has 0 amide bonds. The zero-order valence-corrected chi connectivity index (χ0v) is 10.4. The van der Waals surface area contributed by atoms with Gasteiger partial charge in [0.15, 0.2) is 0 Å². The van der Waals surface area contributed by atoms with Crippen molar-refractivity contribution in [2.24, 2.45) is 0 Å². The normalized spacial score (nSPS) is 12.6. The lowest BCUT2D eigenvalue weighted by Gasteiger charge is -2.38. The van der Waals surface area contributed by atoms with Crippen LogP contribution in [0.5, 0.6) is 0 Å². The van der Waals surface area contributed by atoms with Crippen LogP contribution in [0, 0.1) is 5.82 Å². The summed E-state index contributed by atoms with van der Waals surface area (Å²) < 4.78 is 18.0. The van der Waals surface area contributed by atoms with E-state index in [1.807, 2.05) is 0 Å². The number of rotatable bonds is 4. The molecule has 2 N–H and O–H groups in total. The maximum Gasteiger partial charge on any atom is 0.511 e. The van der Waals surface area contributed by atoms with Gasteiger partial charge in [0.2, 0.25) is 0 Å². The Morgan fingerprint density at radius 2 is 1.88 bits per heavy atom.